The molecular formula is C11H15N3O4S. The largest absolute Gasteiger partial charge is 0.315 e. The summed E-state index contributed by atoms with van der Waals surface area (Å²) in [6, 6.07) is 4.74. The molecule has 0 radical (unpaired) electrons. The Morgan fingerprint density at radius 2 is 2.00 bits per heavy atom. The monoisotopic (exact) mass is 285 g/mol. The molecule has 1 atom stereocenters. The SMILES string of the molecule is O=[N+]([O-])c1ccc(S(=O)(=O)N[C@@H]2CCCNC2)cc1. The molecule has 1 aliphatic heterocycles. The molecule has 0 aliphatic carbocycles. The fourth-order valence-electron chi connectivity index (χ4n) is 1.99. The van der Waals surface area contributed by atoms with E-state index in [2.05, 4.69) is 10.0 Å². The van der Waals surface area contributed by atoms with Gasteiger partial charge in [-0.1, -0.05) is 0 Å². The van der Waals surface area contributed by atoms with Crippen LogP contribution >= 0.6 is 0 Å². The quantitative estimate of drug-likeness (QED) is 0.624. The van der Waals surface area contributed by atoms with E-state index >= 15 is 0 Å². The van der Waals surface area contributed by atoms with Gasteiger partial charge in [0.25, 0.3) is 5.69 Å². The zero-order valence-electron chi connectivity index (χ0n) is 10.2. The average molecular weight is 285 g/mol. The van der Waals surface area contributed by atoms with Crippen LogP contribution in [0.25, 0.3) is 0 Å². The summed E-state index contributed by atoms with van der Waals surface area (Å²) in [5.41, 5.74) is -0.127. The molecule has 1 aromatic rings. The highest BCUT2D eigenvalue weighted by Crippen LogP contribution is 2.16. The van der Waals surface area contributed by atoms with Crippen molar-refractivity contribution in [3.05, 3.63) is 34.4 Å². The van der Waals surface area contributed by atoms with Gasteiger partial charge in [0.2, 0.25) is 10.0 Å². The van der Waals surface area contributed by atoms with Gasteiger partial charge in [-0.15, -0.1) is 0 Å². The number of piperidine rings is 1. The van der Waals surface area contributed by atoms with Crippen molar-refractivity contribution in [1.82, 2.24) is 10.0 Å². The molecule has 2 rings (SSSR count). The zero-order chi connectivity index (χ0) is 13.9. The Morgan fingerprint density at radius 1 is 1.32 bits per heavy atom. The fraction of sp³-hybridized carbons (Fsp3) is 0.455. The molecule has 2 N–H and O–H groups in total. The van der Waals surface area contributed by atoms with Crippen LogP contribution in [0.15, 0.2) is 29.2 Å². The van der Waals surface area contributed by atoms with Gasteiger partial charge in [-0.2, -0.15) is 0 Å². The number of benzene rings is 1. The van der Waals surface area contributed by atoms with Crippen LogP contribution in [0.3, 0.4) is 0 Å². The number of sulfonamides is 1. The Morgan fingerprint density at radius 3 is 2.53 bits per heavy atom. The van der Waals surface area contributed by atoms with Crippen LogP contribution in [-0.4, -0.2) is 32.5 Å². The van der Waals surface area contributed by atoms with Gasteiger partial charge in [0.05, 0.1) is 9.82 Å². The van der Waals surface area contributed by atoms with Crippen LogP contribution in [0.1, 0.15) is 12.8 Å². The molecule has 19 heavy (non-hydrogen) atoms. The molecular weight excluding hydrogens is 270 g/mol. The summed E-state index contributed by atoms with van der Waals surface area (Å²) < 4.78 is 26.7. The van der Waals surface area contributed by atoms with Crippen molar-refractivity contribution in [3.63, 3.8) is 0 Å². The lowest BCUT2D eigenvalue weighted by atomic mass is 10.1. The van der Waals surface area contributed by atoms with Crippen molar-refractivity contribution in [2.45, 2.75) is 23.8 Å². The number of hydrogen-bond donors (Lipinski definition) is 2. The van der Waals surface area contributed by atoms with E-state index in [1.165, 1.54) is 24.3 Å². The predicted octanol–water partition coefficient (Wildman–Crippen LogP) is 0.625. The topological polar surface area (TPSA) is 101 Å². The normalized spacial score (nSPS) is 20.1. The maximum absolute atomic E-state index is 12.1. The molecule has 0 aromatic heterocycles. The second kappa shape index (κ2) is 5.64. The number of nitro groups is 1. The van der Waals surface area contributed by atoms with Crippen LogP contribution in [-0.2, 0) is 10.0 Å². The Bertz CT molecular complexity index is 550. The lowest BCUT2D eigenvalue weighted by Gasteiger charge is -2.23. The molecule has 0 saturated carbocycles. The molecule has 8 heteroatoms. The van der Waals surface area contributed by atoms with Gasteiger partial charge in [0.1, 0.15) is 0 Å². The van der Waals surface area contributed by atoms with Gasteiger partial charge < -0.3 is 5.32 Å². The van der Waals surface area contributed by atoms with Crippen LogP contribution in [0.5, 0.6) is 0 Å². The zero-order valence-corrected chi connectivity index (χ0v) is 11.0. The highest BCUT2D eigenvalue weighted by atomic mass is 32.2. The van der Waals surface area contributed by atoms with Crippen molar-refractivity contribution >= 4 is 15.7 Å². The Labute approximate surface area is 111 Å². The van der Waals surface area contributed by atoms with Crippen molar-refractivity contribution in [1.29, 1.82) is 0 Å². The highest BCUT2D eigenvalue weighted by molar-refractivity contribution is 7.89. The van der Waals surface area contributed by atoms with E-state index in [0.717, 1.165) is 19.4 Å². The molecule has 1 fully saturated rings. The fourth-order valence-corrected chi connectivity index (χ4v) is 3.26. The van der Waals surface area contributed by atoms with Crippen molar-refractivity contribution < 1.29 is 13.3 Å². The van der Waals surface area contributed by atoms with E-state index in [1.807, 2.05) is 0 Å². The Hall–Kier alpha value is -1.51. The Balaban J connectivity index is 2.12. The molecule has 1 heterocycles. The average Bonchev–Trinajstić information content (AvgIpc) is 2.39. The second-order valence-corrected chi connectivity index (χ2v) is 6.13. The molecule has 104 valence electrons. The highest BCUT2D eigenvalue weighted by Gasteiger charge is 2.22. The maximum Gasteiger partial charge on any atom is 0.269 e. The van der Waals surface area contributed by atoms with Crippen molar-refractivity contribution in [2.24, 2.45) is 0 Å². The molecule has 1 aromatic carbocycles. The summed E-state index contributed by atoms with van der Waals surface area (Å²) in [6.07, 6.45) is 1.71. The van der Waals surface area contributed by atoms with Gasteiger partial charge in [0.15, 0.2) is 0 Å². The summed E-state index contributed by atoms with van der Waals surface area (Å²) in [5.74, 6) is 0. The summed E-state index contributed by atoms with van der Waals surface area (Å²) in [4.78, 5) is 10.00. The van der Waals surface area contributed by atoms with Crippen LogP contribution in [0.4, 0.5) is 5.69 Å². The van der Waals surface area contributed by atoms with E-state index < -0.39 is 14.9 Å². The van der Waals surface area contributed by atoms with Crippen molar-refractivity contribution in [2.75, 3.05) is 13.1 Å². The minimum Gasteiger partial charge on any atom is -0.315 e. The third-order valence-corrected chi connectivity index (χ3v) is 4.51. The molecule has 0 amide bonds. The molecule has 7 nitrogen and oxygen atoms in total. The van der Waals surface area contributed by atoms with Gasteiger partial charge >= 0.3 is 0 Å². The van der Waals surface area contributed by atoms with E-state index in [1.54, 1.807) is 0 Å². The summed E-state index contributed by atoms with van der Waals surface area (Å²) in [5, 5.41) is 13.6. The van der Waals surface area contributed by atoms with E-state index in [0.29, 0.717) is 6.54 Å². The number of non-ortho nitro benzene ring substituents is 1. The first-order chi connectivity index (χ1) is 8.99. The van der Waals surface area contributed by atoms with E-state index in [4.69, 9.17) is 0 Å². The third kappa shape index (κ3) is 3.49. The number of nitrogens with one attached hydrogen (secondary N) is 2. The molecule has 0 spiro atoms. The number of hydrogen-bond acceptors (Lipinski definition) is 5. The van der Waals surface area contributed by atoms with Crippen LogP contribution < -0.4 is 10.0 Å². The van der Waals surface area contributed by atoms with Crippen LogP contribution in [0.2, 0.25) is 0 Å². The van der Waals surface area contributed by atoms with Crippen molar-refractivity contribution in [3.8, 4) is 0 Å². The molecule has 1 saturated heterocycles. The minimum absolute atomic E-state index is 0.0451. The summed E-state index contributed by atoms with van der Waals surface area (Å²) >= 11 is 0. The van der Waals surface area contributed by atoms with Gasteiger partial charge in [-0.3, -0.25) is 10.1 Å². The lowest BCUT2D eigenvalue weighted by molar-refractivity contribution is -0.384. The third-order valence-electron chi connectivity index (χ3n) is 2.98. The standard InChI is InChI=1S/C11H15N3O4S/c15-14(16)10-3-5-11(6-4-10)19(17,18)13-9-2-1-7-12-8-9/h3-6,9,12-13H,1-2,7-8H2/t9-/m1/s1. The van der Waals surface area contributed by atoms with Gasteiger partial charge in [0, 0.05) is 24.7 Å². The maximum atomic E-state index is 12.1. The van der Waals surface area contributed by atoms with E-state index in [-0.39, 0.29) is 16.6 Å². The predicted molar refractivity (Wildman–Crippen MR) is 69.3 cm³/mol. The van der Waals surface area contributed by atoms with Gasteiger partial charge in [-0.25, -0.2) is 13.1 Å². The summed E-state index contributed by atoms with van der Waals surface area (Å²) in [7, 11) is -3.61. The lowest BCUT2D eigenvalue weighted by Crippen LogP contribution is -2.45. The minimum atomic E-state index is -3.61. The number of nitrogens with zero attached hydrogens (tertiary/aromatic N) is 1. The molecule has 0 unspecified atom stereocenters. The van der Waals surface area contributed by atoms with Gasteiger partial charge in [-0.05, 0) is 31.5 Å². The first kappa shape index (κ1) is 13.9. The number of nitro benzene ring substituents is 1. The van der Waals surface area contributed by atoms with E-state index in [9.17, 15) is 18.5 Å². The van der Waals surface area contributed by atoms with Crippen LogP contribution in [0, 0.1) is 10.1 Å². The molecule has 0 bridgehead atoms. The first-order valence-corrected chi connectivity index (χ1v) is 7.45. The molecule has 1 aliphatic rings. The summed E-state index contributed by atoms with van der Waals surface area (Å²) in [6.45, 7) is 1.50. The smallest absolute Gasteiger partial charge is 0.269 e. The second-order valence-electron chi connectivity index (χ2n) is 4.42. The Kier molecular flexibility index (Phi) is 4.13. The first-order valence-electron chi connectivity index (χ1n) is 5.96. The number of rotatable bonds is 4.